The Morgan fingerprint density at radius 3 is 2.59 bits per heavy atom. The van der Waals surface area contributed by atoms with E-state index in [0.29, 0.717) is 24.2 Å². The Kier molecular flexibility index (Phi) is 3.67. The van der Waals surface area contributed by atoms with Gasteiger partial charge in [0, 0.05) is 24.2 Å². The highest BCUT2D eigenvalue weighted by Gasteiger charge is 2.25. The summed E-state index contributed by atoms with van der Waals surface area (Å²) < 4.78 is 13.3. The lowest BCUT2D eigenvalue weighted by Gasteiger charge is -2.39. The molecule has 2 atom stereocenters. The molecule has 0 aliphatic carbocycles. The second-order valence-electron chi connectivity index (χ2n) is 5.05. The third kappa shape index (κ3) is 2.60. The van der Waals surface area contributed by atoms with Crippen LogP contribution < -0.4 is 0 Å². The summed E-state index contributed by atoms with van der Waals surface area (Å²) in [6.45, 7) is 5.03. The number of aromatic hydroxyl groups is 1. The minimum absolute atomic E-state index is 0.197. The molecule has 1 aliphatic heterocycles. The Balaban J connectivity index is 2.16. The van der Waals surface area contributed by atoms with E-state index in [-0.39, 0.29) is 5.75 Å². The molecule has 1 aromatic carbocycles. The number of piperidine rings is 1. The Bertz CT molecular complexity index is 384. The minimum Gasteiger partial charge on any atom is -0.505 e. The first-order valence-corrected chi connectivity index (χ1v) is 6.31. The van der Waals surface area contributed by atoms with Crippen molar-refractivity contribution in [2.24, 2.45) is 0 Å². The fraction of sp³-hybridized carbons (Fsp3) is 0.571. The van der Waals surface area contributed by atoms with Gasteiger partial charge >= 0.3 is 0 Å². The molecule has 0 saturated carbocycles. The number of halogens is 1. The molecule has 1 N–H and O–H groups in total. The van der Waals surface area contributed by atoms with Crippen molar-refractivity contribution >= 4 is 0 Å². The van der Waals surface area contributed by atoms with Gasteiger partial charge in [-0.15, -0.1) is 0 Å². The summed E-state index contributed by atoms with van der Waals surface area (Å²) in [4.78, 5) is 2.35. The average Bonchev–Trinajstić information content (AvgIpc) is 2.29. The van der Waals surface area contributed by atoms with Crippen LogP contribution in [0.2, 0.25) is 0 Å². The lowest BCUT2D eigenvalue weighted by Crippen LogP contribution is -2.42. The zero-order valence-electron chi connectivity index (χ0n) is 10.5. The SMILES string of the molecule is CC1CCCC(C)N1Cc1cccc(F)c1O. The molecule has 2 rings (SSSR count). The van der Waals surface area contributed by atoms with Crippen molar-refractivity contribution in [1.82, 2.24) is 4.90 Å². The van der Waals surface area contributed by atoms with E-state index in [2.05, 4.69) is 18.7 Å². The Morgan fingerprint density at radius 2 is 1.94 bits per heavy atom. The number of benzene rings is 1. The molecule has 2 unspecified atom stereocenters. The maximum atomic E-state index is 13.3. The van der Waals surface area contributed by atoms with Crippen LogP contribution in [0, 0.1) is 5.82 Å². The maximum absolute atomic E-state index is 13.3. The van der Waals surface area contributed by atoms with E-state index in [1.807, 2.05) is 0 Å². The second kappa shape index (κ2) is 5.05. The second-order valence-corrected chi connectivity index (χ2v) is 5.05. The maximum Gasteiger partial charge on any atom is 0.165 e. The van der Waals surface area contributed by atoms with Gasteiger partial charge in [-0.2, -0.15) is 0 Å². The number of rotatable bonds is 2. The molecule has 1 saturated heterocycles. The Morgan fingerprint density at radius 1 is 1.29 bits per heavy atom. The van der Waals surface area contributed by atoms with Crippen molar-refractivity contribution in [2.45, 2.75) is 51.7 Å². The van der Waals surface area contributed by atoms with Gasteiger partial charge in [0.15, 0.2) is 11.6 Å². The van der Waals surface area contributed by atoms with Gasteiger partial charge in [-0.25, -0.2) is 4.39 Å². The minimum atomic E-state index is -0.528. The van der Waals surface area contributed by atoms with Gasteiger partial charge in [-0.05, 0) is 32.8 Å². The molecule has 1 fully saturated rings. The molecule has 1 aliphatic rings. The molecule has 3 heteroatoms. The fourth-order valence-electron chi connectivity index (χ4n) is 2.67. The van der Waals surface area contributed by atoms with Crippen LogP contribution in [0.3, 0.4) is 0 Å². The van der Waals surface area contributed by atoms with E-state index in [1.54, 1.807) is 12.1 Å². The average molecular weight is 237 g/mol. The smallest absolute Gasteiger partial charge is 0.165 e. The van der Waals surface area contributed by atoms with E-state index in [1.165, 1.54) is 25.3 Å². The number of hydrogen-bond donors (Lipinski definition) is 1. The Labute approximate surface area is 102 Å². The molecule has 0 bridgehead atoms. The molecular weight excluding hydrogens is 217 g/mol. The predicted octanol–water partition coefficient (Wildman–Crippen LogP) is 3.29. The number of likely N-dealkylation sites (tertiary alicyclic amines) is 1. The van der Waals surface area contributed by atoms with Gasteiger partial charge in [0.1, 0.15) is 0 Å². The van der Waals surface area contributed by atoms with Crippen LogP contribution in [0.1, 0.15) is 38.7 Å². The van der Waals surface area contributed by atoms with Crippen molar-refractivity contribution < 1.29 is 9.50 Å². The quantitative estimate of drug-likeness (QED) is 0.853. The molecule has 2 nitrogen and oxygen atoms in total. The topological polar surface area (TPSA) is 23.5 Å². The van der Waals surface area contributed by atoms with Gasteiger partial charge < -0.3 is 5.11 Å². The highest BCUT2D eigenvalue weighted by Crippen LogP contribution is 2.28. The summed E-state index contributed by atoms with van der Waals surface area (Å²) in [5.74, 6) is -0.725. The number of phenolic OH excluding ortho intramolecular Hbond substituents is 1. The van der Waals surface area contributed by atoms with Crippen LogP contribution in [0.15, 0.2) is 18.2 Å². The highest BCUT2D eigenvalue weighted by molar-refractivity contribution is 5.33. The Hall–Kier alpha value is -1.09. The molecular formula is C14H20FNO. The van der Waals surface area contributed by atoms with Crippen molar-refractivity contribution in [3.63, 3.8) is 0 Å². The van der Waals surface area contributed by atoms with Crippen molar-refractivity contribution in [1.29, 1.82) is 0 Å². The largest absolute Gasteiger partial charge is 0.505 e. The van der Waals surface area contributed by atoms with Crippen LogP contribution in [0.4, 0.5) is 4.39 Å². The van der Waals surface area contributed by atoms with Gasteiger partial charge in [-0.1, -0.05) is 18.6 Å². The van der Waals surface area contributed by atoms with Gasteiger partial charge in [0.2, 0.25) is 0 Å². The standard InChI is InChI=1S/C14H20FNO/c1-10-5-3-6-11(2)16(10)9-12-7-4-8-13(15)14(12)17/h4,7-8,10-11,17H,3,5-6,9H2,1-2H3. The number of para-hydroxylation sites is 1. The molecule has 1 aromatic rings. The monoisotopic (exact) mass is 237 g/mol. The first-order valence-electron chi connectivity index (χ1n) is 6.31. The molecule has 0 aromatic heterocycles. The summed E-state index contributed by atoms with van der Waals surface area (Å²) >= 11 is 0. The van der Waals surface area contributed by atoms with Crippen LogP contribution >= 0.6 is 0 Å². The molecule has 0 radical (unpaired) electrons. The van der Waals surface area contributed by atoms with E-state index in [4.69, 9.17) is 0 Å². The first-order chi connectivity index (χ1) is 8.09. The summed E-state index contributed by atoms with van der Waals surface area (Å²) in [5, 5.41) is 9.70. The van der Waals surface area contributed by atoms with E-state index in [0.717, 1.165) is 0 Å². The van der Waals surface area contributed by atoms with E-state index >= 15 is 0 Å². The molecule has 17 heavy (non-hydrogen) atoms. The normalized spacial score (nSPS) is 26.1. The first kappa shape index (κ1) is 12.4. The van der Waals surface area contributed by atoms with Crippen molar-refractivity contribution in [3.8, 4) is 5.75 Å². The lowest BCUT2D eigenvalue weighted by atomic mass is 9.96. The highest BCUT2D eigenvalue weighted by atomic mass is 19.1. The molecule has 1 heterocycles. The van der Waals surface area contributed by atoms with Crippen LogP contribution in [-0.4, -0.2) is 22.1 Å². The van der Waals surface area contributed by atoms with E-state index in [9.17, 15) is 9.50 Å². The van der Waals surface area contributed by atoms with Crippen molar-refractivity contribution in [2.75, 3.05) is 0 Å². The number of hydrogen-bond acceptors (Lipinski definition) is 2. The zero-order chi connectivity index (χ0) is 12.4. The van der Waals surface area contributed by atoms with Crippen molar-refractivity contribution in [3.05, 3.63) is 29.6 Å². The van der Waals surface area contributed by atoms with Crippen LogP contribution in [0.5, 0.6) is 5.75 Å². The third-order valence-electron chi connectivity index (χ3n) is 3.80. The van der Waals surface area contributed by atoms with Gasteiger partial charge in [-0.3, -0.25) is 4.90 Å². The molecule has 94 valence electrons. The van der Waals surface area contributed by atoms with E-state index < -0.39 is 5.82 Å². The van der Waals surface area contributed by atoms with Crippen LogP contribution in [-0.2, 0) is 6.54 Å². The summed E-state index contributed by atoms with van der Waals surface area (Å²) in [6.07, 6.45) is 3.62. The van der Waals surface area contributed by atoms with Crippen LogP contribution in [0.25, 0.3) is 0 Å². The van der Waals surface area contributed by atoms with Gasteiger partial charge in [0.25, 0.3) is 0 Å². The molecule has 0 spiro atoms. The zero-order valence-corrected chi connectivity index (χ0v) is 10.5. The summed E-state index contributed by atoms with van der Waals surface area (Å²) in [6, 6.07) is 5.75. The lowest BCUT2D eigenvalue weighted by molar-refractivity contribution is 0.0941. The number of nitrogens with zero attached hydrogens (tertiary/aromatic N) is 1. The van der Waals surface area contributed by atoms with Gasteiger partial charge in [0.05, 0.1) is 0 Å². The fourth-order valence-corrected chi connectivity index (χ4v) is 2.67. The number of phenols is 1. The molecule has 0 amide bonds. The summed E-state index contributed by atoms with van der Waals surface area (Å²) in [7, 11) is 0. The predicted molar refractivity (Wildman–Crippen MR) is 66.4 cm³/mol. The summed E-state index contributed by atoms with van der Waals surface area (Å²) in [5.41, 5.74) is 0.686. The third-order valence-corrected chi connectivity index (χ3v) is 3.80.